The fourth-order valence-electron chi connectivity index (χ4n) is 2.13. The van der Waals surface area contributed by atoms with Gasteiger partial charge in [-0.2, -0.15) is 0 Å². The van der Waals surface area contributed by atoms with E-state index in [-0.39, 0.29) is 29.8 Å². The number of amides is 2. The van der Waals surface area contributed by atoms with Crippen molar-refractivity contribution in [3.8, 4) is 0 Å². The Balaban J connectivity index is 2.70. The first-order valence-corrected chi connectivity index (χ1v) is 6.59. The van der Waals surface area contributed by atoms with Gasteiger partial charge in [0, 0.05) is 6.54 Å². The van der Waals surface area contributed by atoms with Gasteiger partial charge in [-0.3, -0.25) is 9.59 Å². The van der Waals surface area contributed by atoms with Crippen molar-refractivity contribution in [1.29, 1.82) is 0 Å². The summed E-state index contributed by atoms with van der Waals surface area (Å²) in [5, 5.41) is 2.81. The molecule has 0 aliphatic carbocycles. The van der Waals surface area contributed by atoms with Gasteiger partial charge >= 0.3 is 0 Å². The van der Waals surface area contributed by atoms with Crippen LogP contribution in [0, 0.1) is 5.92 Å². The molecule has 1 fully saturated rings. The van der Waals surface area contributed by atoms with Crippen LogP contribution in [0.2, 0.25) is 0 Å². The van der Waals surface area contributed by atoms with E-state index >= 15 is 0 Å². The van der Waals surface area contributed by atoms with E-state index in [4.69, 9.17) is 0 Å². The topological polar surface area (TPSA) is 49.4 Å². The van der Waals surface area contributed by atoms with Crippen molar-refractivity contribution in [2.24, 2.45) is 5.92 Å². The lowest BCUT2D eigenvalue weighted by atomic mass is 9.98. The summed E-state index contributed by atoms with van der Waals surface area (Å²) in [6.45, 7) is 8.55. The SMILES string of the molecule is CCCCCN1C(=O)C(C(C)C)NC(=O)C1C. The van der Waals surface area contributed by atoms with E-state index < -0.39 is 0 Å². The molecule has 1 saturated heterocycles. The van der Waals surface area contributed by atoms with Crippen LogP contribution in [0.1, 0.15) is 47.0 Å². The number of hydrogen-bond acceptors (Lipinski definition) is 2. The van der Waals surface area contributed by atoms with Crippen molar-refractivity contribution < 1.29 is 9.59 Å². The molecule has 0 radical (unpaired) electrons. The molecular weight excluding hydrogens is 216 g/mol. The van der Waals surface area contributed by atoms with Crippen LogP contribution in [0.5, 0.6) is 0 Å². The fourth-order valence-corrected chi connectivity index (χ4v) is 2.13. The highest BCUT2D eigenvalue weighted by Crippen LogP contribution is 2.16. The number of hydrogen-bond donors (Lipinski definition) is 1. The molecule has 0 aromatic rings. The van der Waals surface area contributed by atoms with Crippen LogP contribution in [-0.4, -0.2) is 35.3 Å². The summed E-state index contributed by atoms with van der Waals surface area (Å²) in [6, 6.07) is -0.672. The molecule has 1 heterocycles. The van der Waals surface area contributed by atoms with Crippen LogP contribution in [0.3, 0.4) is 0 Å². The highest BCUT2D eigenvalue weighted by Gasteiger charge is 2.38. The molecular formula is C13H24N2O2. The molecule has 1 N–H and O–H groups in total. The van der Waals surface area contributed by atoms with Crippen LogP contribution in [0.4, 0.5) is 0 Å². The lowest BCUT2D eigenvalue weighted by Crippen LogP contribution is -2.63. The van der Waals surface area contributed by atoms with Crippen molar-refractivity contribution in [3.05, 3.63) is 0 Å². The molecule has 2 atom stereocenters. The predicted molar refractivity (Wildman–Crippen MR) is 67.5 cm³/mol. The number of carbonyl (C=O) groups is 2. The van der Waals surface area contributed by atoms with Gasteiger partial charge in [-0.05, 0) is 19.3 Å². The van der Waals surface area contributed by atoms with Gasteiger partial charge in [0.05, 0.1) is 0 Å². The van der Waals surface area contributed by atoms with Crippen LogP contribution in [-0.2, 0) is 9.59 Å². The van der Waals surface area contributed by atoms with Gasteiger partial charge in [-0.15, -0.1) is 0 Å². The first kappa shape index (κ1) is 14.0. The lowest BCUT2D eigenvalue weighted by Gasteiger charge is -2.38. The summed E-state index contributed by atoms with van der Waals surface area (Å²) < 4.78 is 0. The van der Waals surface area contributed by atoms with Crippen molar-refractivity contribution >= 4 is 11.8 Å². The van der Waals surface area contributed by atoms with Gasteiger partial charge < -0.3 is 10.2 Å². The number of carbonyl (C=O) groups excluding carboxylic acids is 2. The third-order valence-electron chi connectivity index (χ3n) is 3.36. The van der Waals surface area contributed by atoms with E-state index in [9.17, 15) is 9.59 Å². The monoisotopic (exact) mass is 240 g/mol. The number of unbranched alkanes of at least 4 members (excludes halogenated alkanes) is 2. The van der Waals surface area contributed by atoms with Gasteiger partial charge in [0.15, 0.2) is 0 Å². The molecule has 4 nitrogen and oxygen atoms in total. The minimum absolute atomic E-state index is 0.0280. The minimum Gasteiger partial charge on any atom is -0.342 e. The highest BCUT2D eigenvalue weighted by molar-refractivity contribution is 5.96. The van der Waals surface area contributed by atoms with Crippen molar-refractivity contribution in [2.75, 3.05) is 6.54 Å². The maximum Gasteiger partial charge on any atom is 0.246 e. The maximum absolute atomic E-state index is 12.2. The Morgan fingerprint density at radius 3 is 2.47 bits per heavy atom. The highest BCUT2D eigenvalue weighted by atomic mass is 16.2. The summed E-state index contributed by atoms with van der Waals surface area (Å²) in [7, 11) is 0. The van der Waals surface area contributed by atoms with Crippen molar-refractivity contribution in [1.82, 2.24) is 10.2 Å². The fraction of sp³-hybridized carbons (Fsp3) is 0.846. The molecule has 98 valence electrons. The third kappa shape index (κ3) is 3.20. The molecule has 4 heteroatoms. The Hall–Kier alpha value is -1.06. The van der Waals surface area contributed by atoms with E-state index in [0.29, 0.717) is 6.54 Å². The molecule has 17 heavy (non-hydrogen) atoms. The van der Waals surface area contributed by atoms with E-state index in [1.54, 1.807) is 11.8 Å². The van der Waals surface area contributed by atoms with Crippen LogP contribution >= 0.6 is 0 Å². The van der Waals surface area contributed by atoms with E-state index in [1.165, 1.54) is 0 Å². The predicted octanol–water partition coefficient (Wildman–Crippen LogP) is 1.55. The van der Waals surface area contributed by atoms with Gasteiger partial charge in [0.2, 0.25) is 11.8 Å². The molecule has 0 spiro atoms. The Bertz CT molecular complexity index is 289. The van der Waals surface area contributed by atoms with Gasteiger partial charge in [0.1, 0.15) is 12.1 Å². The number of piperazine rings is 1. The van der Waals surface area contributed by atoms with Gasteiger partial charge in [0.25, 0.3) is 0 Å². The zero-order chi connectivity index (χ0) is 13.0. The summed E-state index contributed by atoms with van der Waals surface area (Å²) in [4.78, 5) is 25.8. The summed E-state index contributed by atoms with van der Waals surface area (Å²) >= 11 is 0. The largest absolute Gasteiger partial charge is 0.342 e. The number of rotatable bonds is 5. The van der Waals surface area contributed by atoms with Gasteiger partial charge in [-0.25, -0.2) is 0 Å². The Labute approximate surface area is 104 Å². The molecule has 0 aromatic carbocycles. The average molecular weight is 240 g/mol. The molecule has 1 aliphatic heterocycles. The van der Waals surface area contributed by atoms with Gasteiger partial charge in [-0.1, -0.05) is 33.6 Å². The quantitative estimate of drug-likeness (QED) is 0.741. The average Bonchev–Trinajstić information content (AvgIpc) is 2.28. The standard InChI is InChI=1S/C13H24N2O2/c1-5-6-7-8-15-10(4)12(16)14-11(9(2)3)13(15)17/h9-11H,5-8H2,1-4H3,(H,14,16). The Morgan fingerprint density at radius 1 is 1.29 bits per heavy atom. The normalized spacial score (nSPS) is 25.4. The van der Waals surface area contributed by atoms with Crippen LogP contribution in [0.25, 0.3) is 0 Å². The molecule has 0 bridgehead atoms. The molecule has 0 saturated carbocycles. The molecule has 2 unspecified atom stereocenters. The molecule has 1 rings (SSSR count). The van der Waals surface area contributed by atoms with E-state index in [2.05, 4.69) is 12.2 Å². The summed E-state index contributed by atoms with van der Waals surface area (Å²) in [6.07, 6.45) is 3.20. The zero-order valence-corrected chi connectivity index (χ0v) is 11.3. The number of nitrogens with zero attached hydrogens (tertiary/aromatic N) is 1. The third-order valence-corrected chi connectivity index (χ3v) is 3.36. The lowest BCUT2D eigenvalue weighted by molar-refractivity contribution is -0.149. The van der Waals surface area contributed by atoms with Crippen molar-refractivity contribution in [2.45, 2.75) is 59.0 Å². The smallest absolute Gasteiger partial charge is 0.246 e. The van der Waals surface area contributed by atoms with E-state index in [1.807, 2.05) is 13.8 Å². The second-order valence-electron chi connectivity index (χ2n) is 5.14. The Kier molecular flexibility index (Phi) is 4.97. The molecule has 0 aromatic heterocycles. The zero-order valence-electron chi connectivity index (χ0n) is 11.3. The molecule has 2 amide bonds. The summed E-state index contributed by atoms with van der Waals surface area (Å²) in [5.41, 5.74) is 0. The van der Waals surface area contributed by atoms with Crippen molar-refractivity contribution in [3.63, 3.8) is 0 Å². The number of nitrogens with one attached hydrogen (secondary N) is 1. The van der Waals surface area contributed by atoms with Crippen LogP contribution < -0.4 is 5.32 Å². The Morgan fingerprint density at radius 2 is 1.94 bits per heavy atom. The van der Waals surface area contributed by atoms with Crippen LogP contribution in [0.15, 0.2) is 0 Å². The second kappa shape index (κ2) is 6.03. The maximum atomic E-state index is 12.2. The molecule has 1 aliphatic rings. The first-order chi connectivity index (χ1) is 7.99. The van der Waals surface area contributed by atoms with E-state index in [0.717, 1.165) is 19.3 Å². The first-order valence-electron chi connectivity index (χ1n) is 6.59. The second-order valence-corrected chi connectivity index (χ2v) is 5.14. The minimum atomic E-state index is -0.347. The summed E-state index contributed by atoms with van der Waals surface area (Å²) in [5.74, 6) is 0.190.